The van der Waals surface area contributed by atoms with Crippen LogP contribution in [0.1, 0.15) is 36.6 Å². The number of nitrogens with zero attached hydrogens (tertiary/aromatic N) is 2. The Hall–Kier alpha value is -3.77. The Labute approximate surface area is 240 Å². The maximum Gasteiger partial charge on any atom is 0.420 e. The van der Waals surface area contributed by atoms with Gasteiger partial charge >= 0.3 is 18.0 Å². The minimum absolute atomic E-state index is 0.00219. The summed E-state index contributed by atoms with van der Waals surface area (Å²) in [4.78, 5) is 42.8. The molecular formula is C28H29ClN2O8S. The second kappa shape index (κ2) is 15.7. The van der Waals surface area contributed by atoms with Crippen LogP contribution in [0.5, 0.6) is 0 Å². The number of carbonyl (C=O) groups is 3. The first-order valence-electron chi connectivity index (χ1n) is 12.3. The first-order chi connectivity index (χ1) is 19.3. The number of carboxylic acid groups (broad SMARTS) is 1. The fourth-order valence-corrected chi connectivity index (χ4v) is 4.52. The highest BCUT2D eigenvalue weighted by atomic mass is 35.5. The third kappa shape index (κ3) is 8.88. The lowest BCUT2D eigenvalue weighted by Gasteiger charge is -2.27. The number of halogens is 1. The van der Waals surface area contributed by atoms with Gasteiger partial charge in [-0.1, -0.05) is 72.3 Å². The van der Waals surface area contributed by atoms with Crippen molar-refractivity contribution in [2.75, 3.05) is 18.6 Å². The Kier molecular flexibility index (Phi) is 12.1. The molecule has 10 nitrogen and oxygen atoms in total. The molecule has 212 valence electrons. The van der Waals surface area contributed by atoms with Crippen molar-refractivity contribution in [2.45, 2.75) is 39.4 Å². The Balaban J connectivity index is 1.76. The van der Waals surface area contributed by atoms with Gasteiger partial charge in [0.15, 0.2) is 5.13 Å². The molecule has 0 fully saturated rings. The van der Waals surface area contributed by atoms with E-state index in [-0.39, 0.29) is 54.1 Å². The predicted octanol–water partition coefficient (Wildman–Crippen LogP) is 5.81. The van der Waals surface area contributed by atoms with Crippen LogP contribution in [0.2, 0.25) is 0 Å². The van der Waals surface area contributed by atoms with E-state index in [0.29, 0.717) is 0 Å². The summed E-state index contributed by atoms with van der Waals surface area (Å²) in [7, 11) is 1.35. The molecule has 0 saturated carbocycles. The molecule has 0 bridgehead atoms. The molecular weight excluding hydrogens is 560 g/mol. The van der Waals surface area contributed by atoms with Crippen molar-refractivity contribution in [1.82, 2.24) is 4.98 Å². The number of ether oxygens (including phenoxy) is 4. The van der Waals surface area contributed by atoms with E-state index in [9.17, 15) is 19.5 Å². The van der Waals surface area contributed by atoms with E-state index in [1.807, 2.05) is 48.5 Å². The molecule has 0 saturated heterocycles. The van der Waals surface area contributed by atoms with Crippen LogP contribution in [0.3, 0.4) is 0 Å². The van der Waals surface area contributed by atoms with Crippen LogP contribution in [0.4, 0.5) is 9.93 Å². The molecule has 1 N–H and O–H groups in total. The molecule has 1 heterocycles. The average Bonchev–Trinajstić information content (AvgIpc) is 3.43. The van der Waals surface area contributed by atoms with Gasteiger partial charge in [-0.25, -0.2) is 19.5 Å². The van der Waals surface area contributed by atoms with Crippen molar-refractivity contribution in [2.24, 2.45) is 0 Å². The van der Waals surface area contributed by atoms with Crippen molar-refractivity contribution in [3.63, 3.8) is 0 Å². The van der Waals surface area contributed by atoms with Crippen molar-refractivity contribution in [1.29, 1.82) is 0 Å². The third-order valence-electron chi connectivity index (χ3n) is 5.35. The minimum Gasteiger partial charge on any atom is -0.478 e. The Morgan fingerprint density at radius 2 is 1.57 bits per heavy atom. The molecule has 40 heavy (non-hydrogen) atoms. The SMILES string of the molecule is CCOC(OC)N(C(=O)OCc1ccccc1)c1nc(C(C(=O)O)=C(Cl)CCC(=O)OCc2ccccc2)cs1. The number of thiazole rings is 1. The number of methoxy groups -OCH3 is 1. The molecule has 0 radical (unpaired) electrons. The monoisotopic (exact) mass is 588 g/mol. The lowest BCUT2D eigenvalue weighted by Crippen LogP contribution is -2.43. The summed E-state index contributed by atoms with van der Waals surface area (Å²) in [5, 5.41) is 11.3. The van der Waals surface area contributed by atoms with Gasteiger partial charge in [-0.3, -0.25) is 4.79 Å². The Morgan fingerprint density at radius 1 is 0.975 bits per heavy atom. The summed E-state index contributed by atoms with van der Waals surface area (Å²) >= 11 is 7.32. The average molecular weight is 589 g/mol. The van der Waals surface area contributed by atoms with Crippen LogP contribution in [-0.4, -0.2) is 48.3 Å². The molecule has 0 aliphatic heterocycles. The third-order valence-corrected chi connectivity index (χ3v) is 6.57. The molecule has 1 aromatic heterocycles. The smallest absolute Gasteiger partial charge is 0.420 e. The Morgan fingerprint density at radius 3 is 2.12 bits per heavy atom. The summed E-state index contributed by atoms with van der Waals surface area (Å²) in [5.74, 6) is -1.87. The Bertz CT molecular complexity index is 1300. The van der Waals surface area contributed by atoms with Crippen LogP contribution in [0, 0.1) is 0 Å². The number of anilines is 1. The minimum atomic E-state index is -1.34. The zero-order valence-corrected chi connectivity index (χ0v) is 23.5. The first-order valence-corrected chi connectivity index (χ1v) is 13.5. The second-order valence-electron chi connectivity index (χ2n) is 8.15. The molecule has 12 heteroatoms. The van der Waals surface area contributed by atoms with Crippen molar-refractivity contribution < 1.29 is 38.4 Å². The van der Waals surface area contributed by atoms with Crippen molar-refractivity contribution in [3.8, 4) is 0 Å². The van der Waals surface area contributed by atoms with E-state index >= 15 is 0 Å². The van der Waals surface area contributed by atoms with E-state index in [2.05, 4.69) is 4.98 Å². The highest BCUT2D eigenvalue weighted by molar-refractivity contribution is 7.14. The van der Waals surface area contributed by atoms with Gasteiger partial charge in [0.25, 0.3) is 6.41 Å². The number of benzene rings is 2. The molecule has 3 aromatic rings. The van der Waals surface area contributed by atoms with E-state index in [1.54, 1.807) is 19.1 Å². The fourth-order valence-electron chi connectivity index (χ4n) is 3.44. The van der Waals surface area contributed by atoms with Gasteiger partial charge in [0.05, 0.1) is 12.1 Å². The quantitative estimate of drug-likeness (QED) is 0.141. The van der Waals surface area contributed by atoms with E-state index in [4.69, 9.17) is 30.5 Å². The number of carbonyl (C=O) groups excluding carboxylic acids is 2. The van der Waals surface area contributed by atoms with Crippen molar-refractivity contribution >= 4 is 51.7 Å². The van der Waals surface area contributed by atoms with Gasteiger partial charge in [-0.2, -0.15) is 0 Å². The second-order valence-corrected chi connectivity index (χ2v) is 9.45. The normalized spacial score (nSPS) is 12.3. The molecule has 0 spiro atoms. The van der Waals surface area contributed by atoms with Gasteiger partial charge in [0, 0.05) is 24.1 Å². The topological polar surface area (TPSA) is 124 Å². The lowest BCUT2D eigenvalue weighted by atomic mass is 10.1. The largest absolute Gasteiger partial charge is 0.478 e. The van der Waals surface area contributed by atoms with Crippen LogP contribution in [-0.2, 0) is 41.8 Å². The summed E-state index contributed by atoms with van der Waals surface area (Å²) in [6.07, 6.45) is -2.20. The van der Waals surface area contributed by atoms with Crippen LogP contribution in [0.25, 0.3) is 5.57 Å². The number of aliphatic carboxylic acids is 1. The summed E-state index contributed by atoms with van der Waals surface area (Å²) < 4.78 is 21.5. The van der Waals surface area contributed by atoms with Gasteiger partial charge in [-0.05, 0) is 24.5 Å². The number of hydrogen-bond acceptors (Lipinski definition) is 9. The molecule has 0 aliphatic carbocycles. The van der Waals surface area contributed by atoms with Crippen molar-refractivity contribution in [3.05, 3.63) is 87.9 Å². The van der Waals surface area contributed by atoms with Crippen LogP contribution < -0.4 is 4.90 Å². The zero-order chi connectivity index (χ0) is 28.9. The van der Waals surface area contributed by atoms with E-state index in [0.717, 1.165) is 27.4 Å². The maximum absolute atomic E-state index is 13.1. The van der Waals surface area contributed by atoms with Gasteiger partial charge in [0.2, 0.25) is 0 Å². The van der Waals surface area contributed by atoms with Crippen LogP contribution in [0.15, 0.2) is 71.1 Å². The number of esters is 1. The van der Waals surface area contributed by atoms with Gasteiger partial charge in [-0.15, -0.1) is 11.3 Å². The number of hydrogen-bond donors (Lipinski definition) is 1. The van der Waals surface area contributed by atoms with Gasteiger partial charge < -0.3 is 24.1 Å². The molecule has 3 rings (SSSR count). The molecule has 0 aliphatic rings. The maximum atomic E-state index is 13.1. The standard InChI is InChI=1S/C28H29ClN2O8S/c1-3-37-28(36-2)31(27(35)39-17-20-12-8-5-9-13-20)26-30-22(18-40-26)24(25(33)34)21(29)14-15-23(32)38-16-19-10-6-4-7-11-19/h4-13,18,28H,3,14-17H2,1-2H3,(H,33,34). The van der Waals surface area contributed by atoms with E-state index < -0.39 is 24.4 Å². The number of amides is 1. The number of aromatic nitrogens is 1. The lowest BCUT2D eigenvalue weighted by molar-refractivity contribution is -0.145. The zero-order valence-electron chi connectivity index (χ0n) is 21.9. The molecule has 2 aromatic carbocycles. The summed E-state index contributed by atoms with van der Waals surface area (Å²) in [6.45, 7) is 2.02. The number of carboxylic acids is 1. The highest BCUT2D eigenvalue weighted by Gasteiger charge is 2.31. The summed E-state index contributed by atoms with van der Waals surface area (Å²) in [6, 6.07) is 18.2. The predicted molar refractivity (Wildman–Crippen MR) is 150 cm³/mol. The molecule has 1 unspecified atom stereocenters. The molecule has 1 amide bonds. The van der Waals surface area contributed by atoms with Crippen LogP contribution >= 0.6 is 22.9 Å². The molecule has 1 atom stereocenters. The fraction of sp³-hybridized carbons (Fsp3) is 0.286. The number of allylic oxidation sites excluding steroid dienone is 1. The van der Waals surface area contributed by atoms with Gasteiger partial charge in [0.1, 0.15) is 18.8 Å². The highest BCUT2D eigenvalue weighted by Crippen LogP contribution is 2.31. The first kappa shape index (κ1) is 30.8. The summed E-state index contributed by atoms with van der Waals surface area (Å²) in [5.41, 5.74) is 1.29. The van der Waals surface area contributed by atoms with E-state index in [1.165, 1.54) is 12.5 Å². The number of rotatable bonds is 14.